The normalized spacial score (nSPS) is 20.1. The van der Waals surface area contributed by atoms with Crippen molar-refractivity contribution < 1.29 is 28.5 Å². The molecular weight excluding hydrogens is 300 g/mol. The van der Waals surface area contributed by atoms with Crippen LogP contribution in [0.5, 0.6) is 17.2 Å². The molecule has 2 rings (SSSR count). The average Bonchev–Trinajstić information content (AvgIpc) is 2.60. The van der Waals surface area contributed by atoms with E-state index >= 15 is 0 Å². The molecule has 1 aromatic carbocycles. The van der Waals surface area contributed by atoms with E-state index in [1.165, 1.54) is 34.5 Å². The summed E-state index contributed by atoms with van der Waals surface area (Å²) >= 11 is 0. The molecule has 0 aliphatic heterocycles. The van der Waals surface area contributed by atoms with Gasteiger partial charge in [0.15, 0.2) is 22.7 Å². The first-order chi connectivity index (χ1) is 11.0. The van der Waals surface area contributed by atoms with Crippen molar-refractivity contribution in [2.45, 2.75) is 18.3 Å². The predicted molar refractivity (Wildman–Crippen MR) is 83.2 cm³/mol. The first-order valence-electron chi connectivity index (χ1n) is 7.15. The van der Waals surface area contributed by atoms with Gasteiger partial charge in [0.1, 0.15) is 0 Å². The molecule has 0 aromatic heterocycles. The van der Waals surface area contributed by atoms with Gasteiger partial charge in [0, 0.05) is 0 Å². The number of carbonyl (C=O) groups is 2. The Kier molecular flexibility index (Phi) is 4.93. The van der Waals surface area contributed by atoms with E-state index < -0.39 is 11.4 Å². The van der Waals surface area contributed by atoms with Gasteiger partial charge in [-0.25, -0.2) is 0 Å². The molecule has 23 heavy (non-hydrogen) atoms. The molecule has 0 heterocycles. The Morgan fingerprint density at radius 2 is 1.65 bits per heavy atom. The molecule has 0 unspecified atom stereocenters. The molecule has 0 fully saturated rings. The highest BCUT2D eigenvalue weighted by Gasteiger charge is 2.48. The van der Waals surface area contributed by atoms with Crippen molar-refractivity contribution in [3.05, 3.63) is 29.8 Å². The van der Waals surface area contributed by atoms with Gasteiger partial charge < -0.3 is 18.9 Å². The quantitative estimate of drug-likeness (QED) is 0.611. The number of ether oxygens (including phenoxy) is 4. The second kappa shape index (κ2) is 6.73. The maximum atomic E-state index is 12.6. The number of ketones is 1. The molecule has 0 saturated carbocycles. The Labute approximate surface area is 135 Å². The molecule has 1 aromatic rings. The fourth-order valence-corrected chi connectivity index (χ4v) is 2.86. The minimum absolute atomic E-state index is 0.315. The van der Waals surface area contributed by atoms with E-state index in [2.05, 4.69) is 0 Å². The van der Waals surface area contributed by atoms with Gasteiger partial charge in [-0.2, -0.15) is 0 Å². The summed E-state index contributed by atoms with van der Waals surface area (Å²) in [6, 6.07) is 3.24. The molecular formula is C17H20O6. The van der Waals surface area contributed by atoms with E-state index in [4.69, 9.17) is 18.9 Å². The minimum Gasteiger partial charge on any atom is -0.493 e. The number of hydrogen-bond donors (Lipinski definition) is 0. The molecule has 1 aliphatic rings. The van der Waals surface area contributed by atoms with Crippen LogP contribution in [0.1, 0.15) is 18.4 Å². The van der Waals surface area contributed by atoms with Crippen LogP contribution in [0.15, 0.2) is 24.3 Å². The number of benzene rings is 1. The summed E-state index contributed by atoms with van der Waals surface area (Å²) in [5.74, 6) is 0.253. The zero-order valence-electron chi connectivity index (χ0n) is 13.7. The summed E-state index contributed by atoms with van der Waals surface area (Å²) < 4.78 is 20.8. The van der Waals surface area contributed by atoms with Crippen molar-refractivity contribution in [2.75, 3.05) is 28.4 Å². The Hall–Kier alpha value is -2.50. The lowest BCUT2D eigenvalue weighted by Crippen LogP contribution is -2.45. The third-order valence-corrected chi connectivity index (χ3v) is 4.07. The first-order valence-corrected chi connectivity index (χ1v) is 7.15. The maximum Gasteiger partial charge on any atom is 0.324 e. The van der Waals surface area contributed by atoms with Crippen LogP contribution in [0.2, 0.25) is 0 Å². The average molecular weight is 320 g/mol. The van der Waals surface area contributed by atoms with Crippen molar-refractivity contribution in [2.24, 2.45) is 0 Å². The van der Waals surface area contributed by atoms with Crippen LogP contribution in [0.3, 0.4) is 0 Å². The SMILES string of the molecule is COC(=O)[C@]1(c2cc(OC)c(OC)c(OC)c2)CCC=CC1=O. The third kappa shape index (κ3) is 2.65. The van der Waals surface area contributed by atoms with Gasteiger partial charge in [0.05, 0.1) is 28.4 Å². The highest BCUT2D eigenvalue weighted by atomic mass is 16.5. The van der Waals surface area contributed by atoms with Crippen LogP contribution >= 0.6 is 0 Å². The fraction of sp³-hybridized carbons (Fsp3) is 0.412. The van der Waals surface area contributed by atoms with Crippen molar-refractivity contribution >= 4 is 11.8 Å². The van der Waals surface area contributed by atoms with Gasteiger partial charge in [-0.15, -0.1) is 0 Å². The lowest BCUT2D eigenvalue weighted by Gasteiger charge is -2.31. The molecule has 0 amide bonds. The molecule has 124 valence electrons. The summed E-state index contributed by atoms with van der Waals surface area (Å²) in [5.41, 5.74) is -0.927. The van der Waals surface area contributed by atoms with Crippen molar-refractivity contribution in [1.29, 1.82) is 0 Å². The van der Waals surface area contributed by atoms with E-state index in [1.54, 1.807) is 18.2 Å². The maximum absolute atomic E-state index is 12.6. The van der Waals surface area contributed by atoms with E-state index in [0.717, 1.165) is 0 Å². The highest BCUT2D eigenvalue weighted by Crippen LogP contribution is 2.44. The van der Waals surface area contributed by atoms with Gasteiger partial charge in [0.25, 0.3) is 0 Å². The molecule has 6 nitrogen and oxygen atoms in total. The van der Waals surface area contributed by atoms with Crippen LogP contribution in [0.4, 0.5) is 0 Å². The largest absolute Gasteiger partial charge is 0.493 e. The molecule has 6 heteroatoms. The van der Waals surface area contributed by atoms with Crippen molar-refractivity contribution in [3.63, 3.8) is 0 Å². The van der Waals surface area contributed by atoms with Crippen LogP contribution in [0, 0.1) is 0 Å². The van der Waals surface area contributed by atoms with Crippen molar-refractivity contribution in [1.82, 2.24) is 0 Å². The Morgan fingerprint density at radius 3 is 2.09 bits per heavy atom. The lowest BCUT2D eigenvalue weighted by atomic mass is 9.70. The molecule has 1 atom stereocenters. The lowest BCUT2D eigenvalue weighted by molar-refractivity contribution is -0.151. The van der Waals surface area contributed by atoms with Crippen LogP contribution in [-0.2, 0) is 19.7 Å². The van der Waals surface area contributed by atoms with Gasteiger partial charge in [-0.05, 0) is 36.6 Å². The Bertz CT molecular complexity index is 623. The molecule has 1 aliphatic carbocycles. The van der Waals surface area contributed by atoms with Crippen LogP contribution in [0.25, 0.3) is 0 Å². The summed E-state index contributed by atoms with van der Waals surface area (Å²) in [4.78, 5) is 25.0. The molecule has 0 saturated heterocycles. The summed E-state index contributed by atoms with van der Waals surface area (Å²) in [6.45, 7) is 0. The number of carbonyl (C=O) groups excluding carboxylic acids is 2. The van der Waals surface area contributed by atoms with E-state index in [0.29, 0.717) is 35.7 Å². The zero-order chi connectivity index (χ0) is 17.0. The van der Waals surface area contributed by atoms with Crippen LogP contribution < -0.4 is 14.2 Å². The van der Waals surface area contributed by atoms with E-state index in [9.17, 15) is 9.59 Å². The third-order valence-electron chi connectivity index (χ3n) is 4.07. The smallest absolute Gasteiger partial charge is 0.324 e. The summed E-state index contributed by atoms with van der Waals surface area (Å²) in [5, 5.41) is 0. The zero-order valence-corrected chi connectivity index (χ0v) is 13.7. The fourth-order valence-electron chi connectivity index (χ4n) is 2.86. The second-order valence-electron chi connectivity index (χ2n) is 5.12. The molecule has 0 N–H and O–H groups in total. The van der Waals surface area contributed by atoms with Crippen LogP contribution in [-0.4, -0.2) is 40.2 Å². The van der Waals surface area contributed by atoms with E-state index in [-0.39, 0.29) is 5.78 Å². The Balaban J connectivity index is 2.72. The molecule has 0 radical (unpaired) electrons. The summed E-state index contributed by atoms with van der Waals surface area (Å²) in [7, 11) is 5.72. The van der Waals surface area contributed by atoms with Crippen molar-refractivity contribution in [3.8, 4) is 17.2 Å². The number of methoxy groups -OCH3 is 4. The topological polar surface area (TPSA) is 71.1 Å². The van der Waals surface area contributed by atoms with Gasteiger partial charge in [-0.1, -0.05) is 6.08 Å². The van der Waals surface area contributed by atoms with Gasteiger partial charge >= 0.3 is 5.97 Å². The highest BCUT2D eigenvalue weighted by molar-refractivity contribution is 6.15. The molecule has 0 bridgehead atoms. The molecule has 0 spiro atoms. The minimum atomic E-state index is -1.39. The predicted octanol–water partition coefficient (Wildman–Crippen LogP) is 2.04. The monoisotopic (exact) mass is 320 g/mol. The van der Waals surface area contributed by atoms with Gasteiger partial charge in [0.2, 0.25) is 5.75 Å². The number of hydrogen-bond acceptors (Lipinski definition) is 6. The number of rotatable bonds is 5. The Morgan fingerprint density at radius 1 is 1.04 bits per heavy atom. The second-order valence-corrected chi connectivity index (χ2v) is 5.12. The summed E-state index contributed by atoms with van der Waals surface area (Å²) in [6.07, 6.45) is 4.09. The van der Waals surface area contributed by atoms with Gasteiger partial charge in [-0.3, -0.25) is 9.59 Å². The number of allylic oxidation sites excluding steroid dienone is 2. The standard InChI is InChI=1S/C17H20O6/c1-20-12-9-11(10-13(21-2)15(12)22-3)17(16(19)23-4)8-6-5-7-14(17)18/h5,7,9-10H,6,8H2,1-4H3/t17-/m0/s1. The number of esters is 1. The van der Waals surface area contributed by atoms with E-state index in [1.807, 2.05) is 0 Å². The first kappa shape index (κ1) is 16.9.